The first-order valence-corrected chi connectivity index (χ1v) is 7.92. The van der Waals surface area contributed by atoms with Crippen molar-refractivity contribution in [3.8, 4) is 0 Å². The van der Waals surface area contributed by atoms with E-state index in [2.05, 4.69) is 37.1 Å². The van der Waals surface area contributed by atoms with Gasteiger partial charge in [-0.3, -0.25) is 4.90 Å². The summed E-state index contributed by atoms with van der Waals surface area (Å²) in [6, 6.07) is 2.37. The largest absolute Gasteiger partial charge is 0.309 e. The van der Waals surface area contributed by atoms with Gasteiger partial charge in [-0.1, -0.05) is 0 Å². The van der Waals surface area contributed by atoms with E-state index in [1.54, 1.807) is 0 Å². The molecule has 3 rings (SSSR count). The van der Waals surface area contributed by atoms with Crippen molar-refractivity contribution in [1.82, 2.24) is 10.2 Å². The maximum Gasteiger partial charge on any atom is 0.0329 e. The molecule has 0 amide bonds. The summed E-state index contributed by atoms with van der Waals surface area (Å²) < 4.78 is 0. The van der Waals surface area contributed by atoms with Crippen LogP contribution in [0.1, 0.15) is 35.1 Å². The molecule has 0 spiro atoms. The third-order valence-corrected chi connectivity index (χ3v) is 5.72. The fourth-order valence-electron chi connectivity index (χ4n) is 3.18. The van der Waals surface area contributed by atoms with E-state index >= 15 is 0 Å². The molecule has 0 bridgehead atoms. The number of rotatable bonds is 3. The summed E-state index contributed by atoms with van der Waals surface area (Å²) in [6.45, 7) is 11.6. The van der Waals surface area contributed by atoms with Gasteiger partial charge in [0.25, 0.3) is 0 Å². The highest BCUT2D eigenvalue weighted by Crippen LogP contribution is 2.41. The van der Waals surface area contributed by atoms with Crippen LogP contribution in [-0.4, -0.2) is 30.1 Å². The number of aryl methyl sites for hydroxylation is 2. The summed E-state index contributed by atoms with van der Waals surface area (Å²) in [7, 11) is 0. The molecule has 2 fully saturated rings. The molecule has 1 N–H and O–H groups in total. The molecule has 1 unspecified atom stereocenters. The van der Waals surface area contributed by atoms with Crippen molar-refractivity contribution in [1.29, 1.82) is 0 Å². The highest BCUT2D eigenvalue weighted by molar-refractivity contribution is 7.12. The fraction of sp³-hybridized carbons (Fsp3) is 0.733. The maximum absolute atomic E-state index is 3.75. The van der Waals surface area contributed by atoms with Crippen LogP contribution >= 0.6 is 11.3 Å². The monoisotopic (exact) mass is 264 g/mol. The zero-order chi connectivity index (χ0) is 12.8. The molecule has 2 nitrogen and oxygen atoms in total. The third-order valence-electron chi connectivity index (χ3n) is 4.58. The maximum atomic E-state index is 3.75. The predicted octanol–water partition coefficient (Wildman–Crippen LogP) is 2.94. The van der Waals surface area contributed by atoms with Gasteiger partial charge in [0.15, 0.2) is 0 Å². The summed E-state index contributed by atoms with van der Waals surface area (Å²) >= 11 is 1.97. The van der Waals surface area contributed by atoms with E-state index in [-0.39, 0.29) is 0 Å². The molecule has 1 saturated carbocycles. The molecule has 1 aliphatic heterocycles. The summed E-state index contributed by atoms with van der Waals surface area (Å²) in [6.07, 6.45) is 2.85. The van der Waals surface area contributed by atoms with E-state index in [1.807, 2.05) is 11.3 Å². The highest BCUT2D eigenvalue weighted by atomic mass is 32.1. The Morgan fingerprint density at radius 2 is 2.22 bits per heavy atom. The molecule has 1 aliphatic carbocycles. The molecular weight excluding hydrogens is 240 g/mol. The lowest BCUT2D eigenvalue weighted by Gasteiger charge is -2.42. The average Bonchev–Trinajstić information content (AvgIpc) is 3.08. The first kappa shape index (κ1) is 12.6. The average molecular weight is 264 g/mol. The van der Waals surface area contributed by atoms with Gasteiger partial charge in [0.2, 0.25) is 0 Å². The molecule has 3 heteroatoms. The van der Waals surface area contributed by atoms with Crippen molar-refractivity contribution in [3.05, 3.63) is 21.4 Å². The number of nitrogens with zero attached hydrogens (tertiary/aromatic N) is 1. The highest BCUT2D eigenvalue weighted by Gasteiger charge is 2.43. The topological polar surface area (TPSA) is 15.3 Å². The van der Waals surface area contributed by atoms with Gasteiger partial charge in [-0.25, -0.2) is 0 Å². The van der Waals surface area contributed by atoms with E-state index in [0.29, 0.717) is 5.54 Å². The van der Waals surface area contributed by atoms with Crippen molar-refractivity contribution in [2.75, 3.05) is 19.6 Å². The molecule has 0 aromatic carbocycles. The molecule has 0 radical (unpaired) electrons. The van der Waals surface area contributed by atoms with Crippen LogP contribution in [0.2, 0.25) is 0 Å². The van der Waals surface area contributed by atoms with Crippen LogP contribution in [0.25, 0.3) is 0 Å². The van der Waals surface area contributed by atoms with E-state index in [1.165, 1.54) is 41.2 Å². The van der Waals surface area contributed by atoms with Crippen LogP contribution in [0.3, 0.4) is 0 Å². The van der Waals surface area contributed by atoms with Crippen molar-refractivity contribution in [2.24, 2.45) is 5.92 Å². The van der Waals surface area contributed by atoms with Gasteiger partial charge < -0.3 is 5.32 Å². The Hall–Kier alpha value is -0.380. The molecule has 100 valence electrons. The molecule has 18 heavy (non-hydrogen) atoms. The van der Waals surface area contributed by atoms with Crippen molar-refractivity contribution >= 4 is 11.3 Å². The van der Waals surface area contributed by atoms with Crippen LogP contribution in [0.4, 0.5) is 0 Å². The van der Waals surface area contributed by atoms with Crippen molar-refractivity contribution in [2.45, 2.75) is 45.7 Å². The minimum Gasteiger partial charge on any atom is -0.309 e. The van der Waals surface area contributed by atoms with Crippen molar-refractivity contribution < 1.29 is 0 Å². The quantitative estimate of drug-likeness (QED) is 0.903. The predicted molar refractivity (Wildman–Crippen MR) is 78.2 cm³/mol. The number of hydrogen-bond donors (Lipinski definition) is 1. The lowest BCUT2D eigenvalue weighted by atomic mass is 9.93. The second-order valence-corrected chi connectivity index (χ2v) is 7.62. The van der Waals surface area contributed by atoms with Gasteiger partial charge in [0, 0.05) is 41.5 Å². The second-order valence-electron chi connectivity index (χ2n) is 6.28. The Balaban J connectivity index is 1.65. The minimum atomic E-state index is 0.375. The van der Waals surface area contributed by atoms with Crippen LogP contribution < -0.4 is 5.32 Å². The zero-order valence-corrected chi connectivity index (χ0v) is 12.6. The Morgan fingerprint density at radius 1 is 1.44 bits per heavy atom. The van der Waals surface area contributed by atoms with Gasteiger partial charge in [0.05, 0.1) is 0 Å². The normalized spacial score (nSPS) is 29.7. The first-order chi connectivity index (χ1) is 8.57. The first-order valence-electron chi connectivity index (χ1n) is 7.10. The Morgan fingerprint density at radius 3 is 2.83 bits per heavy atom. The summed E-state index contributed by atoms with van der Waals surface area (Å²) in [5.41, 5.74) is 1.83. The van der Waals surface area contributed by atoms with E-state index in [4.69, 9.17) is 0 Å². The number of nitrogens with one attached hydrogen (secondary N) is 1. The molecule has 2 heterocycles. The second kappa shape index (κ2) is 4.62. The van der Waals surface area contributed by atoms with Gasteiger partial charge in [-0.15, -0.1) is 11.3 Å². The third kappa shape index (κ3) is 2.49. The van der Waals surface area contributed by atoms with E-state index < -0.39 is 0 Å². The fourth-order valence-corrected chi connectivity index (χ4v) is 4.27. The molecular formula is C15H24N2S. The SMILES string of the molecule is Cc1cc(CN2CCNC(C)(C3CC3)C2)sc1C. The zero-order valence-electron chi connectivity index (χ0n) is 11.8. The van der Waals surface area contributed by atoms with Crippen LogP contribution in [-0.2, 0) is 6.54 Å². The number of thiophene rings is 1. The number of hydrogen-bond acceptors (Lipinski definition) is 3. The minimum absolute atomic E-state index is 0.375. The van der Waals surface area contributed by atoms with Crippen molar-refractivity contribution in [3.63, 3.8) is 0 Å². The van der Waals surface area contributed by atoms with Gasteiger partial charge >= 0.3 is 0 Å². The van der Waals surface area contributed by atoms with Gasteiger partial charge in [-0.05, 0) is 51.2 Å². The van der Waals surface area contributed by atoms with Gasteiger partial charge in [0.1, 0.15) is 0 Å². The molecule has 1 aromatic rings. The standard InChI is InChI=1S/C15H24N2S/c1-11-8-14(18-12(11)2)9-17-7-6-16-15(3,10-17)13-4-5-13/h8,13,16H,4-7,9-10H2,1-3H3. The van der Waals surface area contributed by atoms with E-state index in [9.17, 15) is 0 Å². The Kier molecular flexibility index (Phi) is 3.25. The summed E-state index contributed by atoms with van der Waals surface area (Å²) in [5, 5.41) is 3.75. The summed E-state index contributed by atoms with van der Waals surface area (Å²) in [4.78, 5) is 5.65. The van der Waals surface area contributed by atoms with Crippen LogP contribution in [0.15, 0.2) is 6.07 Å². The van der Waals surface area contributed by atoms with Crippen LogP contribution in [0.5, 0.6) is 0 Å². The molecule has 1 atom stereocenters. The molecule has 2 aliphatic rings. The smallest absolute Gasteiger partial charge is 0.0329 e. The van der Waals surface area contributed by atoms with E-state index in [0.717, 1.165) is 19.0 Å². The molecule has 1 saturated heterocycles. The Labute approximate surface area is 114 Å². The number of piperazine rings is 1. The summed E-state index contributed by atoms with van der Waals surface area (Å²) in [5.74, 6) is 0.923. The van der Waals surface area contributed by atoms with Crippen LogP contribution in [0, 0.1) is 19.8 Å². The molecule has 1 aromatic heterocycles. The Bertz CT molecular complexity index is 416. The lowest BCUT2D eigenvalue weighted by Crippen LogP contribution is -2.59. The van der Waals surface area contributed by atoms with Gasteiger partial charge in [-0.2, -0.15) is 0 Å². The lowest BCUT2D eigenvalue weighted by molar-refractivity contribution is 0.122.